The van der Waals surface area contributed by atoms with Crippen LogP contribution in [0.1, 0.15) is 31.7 Å². The fourth-order valence-corrected chi connectivity index (χ4v) is 3.17. The van der Waals surface area contributed by atoms with Gasteiger partial charge in [0.15, 0.2) is 0 Å². The molecule has 3 nitrogen and oxygen atoms in total. The fourth-order valence-electron chi connectivity index (χ4n) is 3.17. The molecule has 1 saturated heterocycles. The lowest BCUT2D eigenvalue weighted by atomic mass is 10.1. The number of nitrogens with zero attached hydrogens (tertiary/aromatic N) is 2. The number of hydrogen-bond acceptors (Lipinski definition) is 3. The lowest BCUT2D eigenvalue weighted by Gasteiger charge is -2.26. The molecule has 2 aromatic rings. The Morgan fingerprint density at radius 2 is 2.11 bits per heavy atom. The molecule has 3 heteroatoms. The van der Waals surface area contributed by atoms with Crippen LogP contribution in [0.25, 0.3) is 10.8 Å². The largest absolute Gasteiger partial charge is 0.353 e. The summed E-state index contributed by atoms with van der Waals surface area (Å²) in [5.41, 5.74) is 6.95. The fraction of sp³-hybridized carbons (Fsp3) is 0.438. The van der Waals surface area contributed by atoms with Crippen molar-refractivity contribution >= 4 is 16.6 Å². The highest BCUT2D eigenvalue weighted by atomic mass is 15.2. The summed E-state index contributed by atoms with van der Waals surface area (Å²) in [6.07, 6.45) is 5.69. The van der Waals surface area contributed by atoms with Crippen LogP contribution in [-0.2, 0) is 6.54 Å². The molecule has 0 saturated carbocycles. The molecule has 1 aromatic carbocycles. The molecule has 100 valence electrons. The molecule has 1 aliphatic rings. The van der Waals surface area contributed by atoms with Crippen LogP contribution in [0, 0.1) is 0 Å². The third-order valence-electron chi connectivity index (χ3n) is 4.20. The van der Waals surface area contributed by atoms with Crippen LogP contribution in [0.3, 0.4) is 0 Å². The van der Waals surface area contributed by atoms with E-state index < -0.39 is 0 Å². The molecule has 2 N–H and O–H groups in total. The average molecular weight is 255 g/mol. The summed E-state index contributed by atoms with van der Waals surface area (Å²) >= 11 is 0. The lowest BCUT2D eigenvalue weighted by molar-refractivity contribution is 0.642. The number of benzene rings is 1. The van der Waals surface area contributed by atoms with Gasteiger partial charge in [0.05, 0.1) is 0 Å². The molecule has 2 heterocycles. The molecular weight excluding hydrogens is 234 g/mol. The Kier molecular flexibility index (Phi) is 3.38. The first-order valence-corrected chi connectivity index (χ1v) is 7.18. The summed E-state index contributed by atoms with van der Waals surface area (Å²) in [7, 11) is 0. The number of pyridine rings is 1. The first-order valence-electron chi connectivity index (χ1n) is 7.18. The molecule has 1 aliphatic heterocycles. The van der Waals surface area contributed by atoms with E-state index in [1.165, 1.54) is 30.0 Å². The van der Waals surface area contributed by atoms with Crippen LogP contribution in [-0.4, -0.2) is 17.6 Å². The van der Waals surface area contributed by atoms with Crippen molar-refractivity contribution in [3.05, 3.63) is 36.0 Å². The normalized spacial score (nSPS) is 19.3. The summed E-state index contributed by atoms with van der Waals surface area (Å²) < 4.78 is 0. The van der Waals surface area contributed by atoms with Crippen LogP contribution in [0.4, 0.5) is 5.82 Å². The predicted octanol–water partition coefficient (Wildman–Crippen LogP) is 3.07. The Labute approximate surface area is 114 Å². The summed E-state index contributed by atoms with van der Waals surface area (Å²) in [5.74, 6) is 1.14. The smallest absolute Gasteiger partial charge is 0.136 e. The van der Waals surface area contributed by atoms with Gasteiger partial charge in [0.25, 0.3) is 0 Å². The van der Waals surface area contributed by atoms with Gasteiger partial charge in [0.1, 0.15) is 5.82 Å². The molecule has 1 fully saturated rings. The van der Waals surface area contributed by atoms with Gasteiger partial charge >= 0.3 is 0 Å². The molecule has 1 aromatic heterocycles. The van der Waals surface area contributed by atoms with Crippen LogP contribution < -0.4 is 10.6 Å². The highest BCUT2D eigenvalue weighted by molar-refractivity contribution is 5.94. The van der Waals surface area contributed by atoms with E-state index in [4.69, 9.17) is 10.7 Å². The zero-order valence-electron chi connectivity index (χ0n) is 11.5. The van der Waals surface area contributed by atoms with Gasteiger partial charge in [-0.25, -0.2) is 4.98 Å². The predicted molar refractivity (Wildman–Crippen MR) is 80.3 cm³/mol. The SMILES string of the molecule is CCC1CCCN1c1ncc(CN)c2ccccc12. The maximum absolute atomic E-state index is 5.82. The van der Waals surface area contributed by atoms with Gasteiger partial charge in [-0.05, 0) is 30.2 Å². The van der Waals surface area contributed by atoms with Crippen molar-refractivity contribution in [2.24, 2.45) is 5.73 Å². The van der Waals surface area contributed by atoms with E-state index in [-0.39, 0.29) is 0 Å². The Balaban J connectivity index is 2.14. The number of rotatable bonds is 3. The summed E-state index contributed by atoms with van der Waals surface area (Å²) in [4.78, 5) is 7.18. The van der Waals surface area contributed by atoms with Crippen LogP contribution in [0.2, 0.25) is 0 Å². The Morgan fingerprint density at radius 3 is 2.84 bits per heavy atom. The van der Waals surface area contributed by atoms with Crippen molar-refractivity contribution in [2.75, 3.05) is 11.4 Å². The monoisotopic (exact) mass is 255 g/mol. The molecule has 3 rings (SSSR count). The number of hydrogen-bond donors (Lipinski definition) is 1. The molecule has 0 spiro atoms. The number of nitrogens with two attached hydrogens (primary N) is 1. The second-order valence-electron chi connectivity index (χ2n) is 5.25. The third-order valence-corrected chi connectivity index (χ3v) is 4.20. The van der Waals surface area contributed by atoms with E-state index in [2.05, 4.69) is 36.1 Å². The Bertz CT molecular complexity index is 579. The zero-order chi connectivity index (χ0) is 13.2. The van der Waals surface area contributed by atoms with Crippen LogP contribution in [0.15, 0.2) is 30.5 Å². The van der Waals surface area contributed by atoms with E-state index in [0.717, 1.165) is 17.9 Å². The van der Waals surface area contributed by atoms with Gasteiger partial charge in [-0.1, -0.05) is 31.2 Å². The maximum atomic E-state index is 5.82. The molecule has 1 atom stereocenters. The van der Waals surface area contributed by atoms with Gasteiger partial charge in [-0.3, -0.25) is 0 Å². The first kappa shape index (κ1) is 12.4. The second kappa shape index (κ2) is 5.17. The molecular formula is C16H21N3. The lowest BCUT2D eigenvalue weighted by Crippen LogP contribution is -2.29. The molecule has 0 radical (unpaired) electrons. The Morgan fingerprint density at radius 1 is 1.32 bits per heavy atom. The Hall–Kier alpha value is -1.61. The van der Waals surface area contributed by atoms with Crippen molar-refractivity contribution < 1.29 is 0 Å². The van der Waals surface area contributed by atoms with Crippen molar-refractivity contribution in [3.8, 4) is 0 Å². The first-order chi connectivity index (χ1) is 9.35. The van der Waals surface area contributed by atoms with E-state index in [0.29, 0.717) is 12.6 Å². The second-order valence-corrected chi connectivity index (χ2v) is 5.25. The average Bonchev–Trinajstić information content (AvgIpc) is 2.94. The van der Waals surface area contributed by atoms with Gasteiger partial charge < -0.3 is 10.6 Å². The molecule has 19 heavy (non-hydrogen) atoms. The quantitative estimate of drug-likeness (QED) is 0.916. The standard InChI is InChI=1S/C16H21N3/c1-2-13-6-5-9-19(13)16-15-8-4-3-7-14(15)12(10-17)11-18-16/h3-4,7-8,11,13H,2,5-6,9-10,17H2,1H3. The van der Waals surface area contributed by atoms with Crippen LogP contribution in [0.5, 0.6) is 0 Å². The number of fused-ring (bicyclic) bond motifs is 1. The molecule has 1 unspecified atom stereocenters. The minimum absolute atomic E-state index is 0.547. The van der Waals surface area contributed by atoms with Gasteiger partial charge in [-0.2, -0.15) is 0 Å². The van der Waals surface area contributed by atoms with Crippen molar-refractivity contribution in [3.63, 3.8) is 0 Å². The number of anilines is 1. The summed E-state index contributed by atoms with van der Waals surface area (Å²) in [5, 5.41) is 2.49. The summed E-state index contributed by atoms with van der Waals surface area (Å²) in [6.45, 7) is 3.93. The molecule has 0 aliphatic carbocycles. The van der Waals surface area contributed by atoms with Crippen molar-refractivity contribution in [1.29, 1.82) is 0 Å². The van der Waals surface area contributed by atoms with Crippen molar-refractivity contribution in [1.82, 2.24) is 4.98 Å². The van der Waals surface area contributed by atoms with Gasteiger partial charge in [0, 0.05) is 30.7 Å². The number of aromatic nitrogens is 1. The topological polar surface area (TPSA) is 42.2 Å². The zero-order valence-corrected chi connectivity index (χ0v) is 11.5. The highest BCUT2D eigenvalue weighted by Gasteiger charge is 2.25. The molecule has 0 bridgehead atoms. The highest BCUT2D eigenvalue weighted by Crippen LogP contribution is 2.32. The minimum atomic E-state index is 0.547. The van der Waals surface area contributed by atoms with E-state index in [1.54, 1.807) is 0 Å². The molecule has 0 amide bonds. The van der Waals surface area contributed by atoms with Gasteiger partial charge in [-0.15, -0.1) is 0 Å². The maximum Gasteiger partial charge on any atom is 0.136 e. The third kappa shape index (κ3) is 2.08. The summed E-state index contributed by atoms with van der Waals surface area (Å²) in [6, 6.07) is 9.12. The van der Waals surface area contributed by atoms with E-state index in [9.17, 15) is 0 Å². The minimum Gasteiger partial charge on any atom is -0.353 e. The van der Waals surface area contributed by atoms with Gasteiger partial charge in [0.2, 0.25) is 0 Å². The van der Waals surface area contributed by atoms with Crippen molar-refractivity contribution in [2.45, 2.75) is 38.8 Å². The van der Waals surface area contributed by atoms with E-state index in [1.807, 2.05) is 6.20 Å². The van der Waals surface area contributed by atoms with Crippen LogP contribution >= 0.6 is 0 Å². The van der Waals surface area contributed by atoms with E-state index >= 15 is 0 Å².